The summed E-state index contributed by atoms with van der Waals surface area (Å²) in [6, 6.07) is -24.4. The van der Waals surface area contributed by atoms with Gasteiger partial charge in [-0.15, -0.1) is 4.90 Å². The van der Waals surface area contributed by atoms with Crippen LogP contribution in [-0.4, -0.2) is 58.0 Å². The molecule has 0 spiro atoms. The summed E-state index contributed by atoms with van der Waals surface area (Å²) in [4.78, 5) is -4.48. The van der Waals surface area contributed by atoms with E-state index in [0.29, 0.717) is 0 Å². The van der Waals surface area contributed by atoms with Crippen molar-refractivity contribution in [2.24, 2.45) is 0 Å². The maximum absolute atomic E-state index is 13.8. The summed E-state index contributed by atoms with van der Waals surface area (Å²) in [5.74, 6) is -24.3. The Hall–Kier alpha value is -1.01. The molecule has 1 heterocycles. The topological polar surface area (TPSA) is 3.24 Å². The number of alkyl halides is 19. The maximum Gasteiger partial charge on any atom is 0.457 e. The molecule has 0 aromatic rings. The van der Waals surface area contributed by atoms with Gasteiger partial charge in [0, 0.05) is 0 Å². The van der Waals surface area contributed by atoms with Crippen LogP contribution in [0.25, 0.3) is 0 Å². The van der Waals surface area contributed by atoms with Crippen molar-refractivity contribution in [3.63, 3.8) is 0 Å². The highest BCUT2D eigenvalue weighted by atomic mass is 35.5. The number of nitrogens with zero attached hydrogens (tertiary/aromatic N) is 1. The third kappa shape index (κ3) is 2.63. The molecule has 0 aromatic heterocycles. The molecule has 1 rings (SSSR count). The van der Waals surface area contributed by atoms with E-state index in [9.17, 15) is 79.0 Å². The van der Waals surface area contributed by atoms with Crippen molar-refractivity contribution in [3.8, 4) is 0 Å². The molecule has 0 N–H and O–H groups in total. The molecule has 1 saturated heterocycles. The van der Waals surface area contributed by atoms with Gasteiger partial charge in [-0.1, -0.05) is 0 Å². The second kappa shape index (κ2) is 5.82. The van der Waals surface area contributed by atoms with E-state index in [-0.39, 0.29) is 0 Å². The second-order valence-corrected chi connectivity index (χ2v) is 5.81. The molecule has 0 aliphatic carbocycles. The molecule has 1 unspecified atom stereocenters. The van der Waals surface area contributed by atoms with E-state index in [1.807, 2.05) is 0 Å². The lowest BCUT2D eigenvalue weighted by Crippen LogP contribution is -2.72. The van der Waals surface area contributed by atoms with Gasteiger partial charge in [0.15, 0.2) is 0 Å². The van der Waals surface area contributed by atoms with Crippen molar-refractivity contribution in [2.75, 3.05) is 0 Å². The summed E-state index contributed by atoms with van der Waals surface area (Å²) in [5, 5.41) is -6.86. The average Bonchev–Trinajstić information content (AvgIpc) is 2.49. The van der Waals surface area contributed by atoms with Crippen LogP contribution in [0, 0.1) is 0 Å². The van der Waals surface area contributed by atoms with Crippen LogP contribution in [0.15, 0.2) is 0 Å². The van der Waals surface area contributed by atoms with Gasteiger partial charge >= 0.3 is 53.1 Å². The van der Waals surface area contributed by atoms with E-state index in [1.165, 1.54) is 0 Å². The summed E-state index contributed by atoms with van der Waals surface area (Å²) >= 11 is 3.39. The van der Waals surface area contributed by atoms with Crippen LogP contribution in [0.1, 0.15) is 0 Å². The van der Waals surface area contributed by atoms with Crippen LogP contribution in [-0.2, 0) is 0 Å². The van der Waals surface area contributed by atoms with Crippen LogP contribution in [0.4, 0.5) is 79.0 Å². The molecule has 1 aliphatic rings. The lowest BCUT2D eigenvalue weighted by molar-refractivity contribution is -0.432. The minimum Gasteiger partial charge on any atom is -0.221 e. The van der Waals surface area contributed by atoms with E-state index in [1.54, 1.807) is 0 Å². The number of rotatable bonds is 4. The van der Waals surface area contributed by atoms with Gasteiger partial charge < -0.3 is 0 Å². The fourth-order valence-corrected chi connectivity index (χ4v) is 2.23. The zero-order valence-corrected chi connectivity index (χ0v) is 12.9. The average molecular weight is 500 g/mol. The minimum atomic E-state index is -8.38. The molecule has 1 aliphatic heterocycles. The highest BCUT2D eigenvalue weighted by Crippen LogP contribution is 2.72. The second-order valence-electron chi connectivity index (χ2n) is 5.34. The van der Waals surface area contributed by atoms with Crippen LogP contribution < -0.4 is 0 Å². The van der Waals surface area contributed by atoms with E-state index >= 15 is 0 Å². The Bertz CT molecular complexity index is 659. The van der Waals surface area contributed by atoms with Crippen LogP contribution >= 0.6 is 11.6 Å². The largest absolute Gasteiger partial charge is 0.457 e. The van der Waals surface area contributed by atoms with E-state index in [2.05, 4.69) is 11.6 Å². The van der Waals surface area contributed by atoms with Crippen molar-refractivity contribution < 1.29 is 79.0 Å². The van der Waals surface area contributed by atoms with E-state index in [0.717, 1.165) is 0 Å². The summed E-state index contributed by atoms with van der Waals surface area (Å²) < 4.78 is 234. The standard InChI is InChI=1S/C9ClF18N/c10-5(18,19)4(16,17)9(27,28)29-7(23,24)1(11,2(12,13)6(20,21)22)3(14,15)8(29,25)26. The van der Waals surface area contributed by atoms with Crippen molar-refractivity contribution in [3.05, 3.63) is 0 Å². The summed E-state index contributed by atoms with van der Waals surface area (Å²) in [5.41, 5.74) is -8.38. The normalized spacial score (nSPS) is 28.7. The number of halogens is 19. The molecule has 1 fully saturated rings. The first-order valence-electron chi connectivity index (χ1n) is 6.01. The van der Waals surface area contributed by atoms with Gasteiger partial charge in [-0.25, -0.2) is 4.39 Å². The van der Waals surface area contributed by atoms with Gasteiger partial charge in [0.25, 0.3) is 0 Å². The molecule has 0 amide bonds. The number of hydrogen-bond acceptors (Lipinski definition) is 1. The fraction of sp³-hybridized carbons (Fsp3) is 1.00. The highest BCUT2D eigenvalue weighted by molar-refractivity contribution is 6.22. The smallest absolute Gasteiger partial charge is 0.221 e. The molecule has 0 radical (unpaired) electrons. The number of likely N-dealkylation sites (tertiary alicyclic amines) is 1. The van der Waals surface area contributed by atoms with Crippen LogP contribution in [0.2, 0.25) is 0 Å². The quantitative estimate of drug-likeness (QED) is 0.257. The molecule has 0 bridgehead atoms. The molecule has 29 heavy (non-hydrogen) atoms. The van der Waals surface area contributed by atoms with E-state index < -0.39 is 58.0 Å². The van der Waals surface area contributed by atoms with Crippen molar-refractivity contribution in [1.82, 2.24) is 4.90 Å². The fourth-order valence-electron chi connectivity index (χ4n) is 2.11. The minimum absolute atomic E-state index is 3.39. The Kier molecular flexibility index (Phi) is 5.22. The maximum atomic E-state index is 13.8. The molecule has 0 aromatic carbocycles. The third-order valence-electron chi connectivity index (χ3n) is 3.59. The highest BCUT2D eigenvalue weighted by Gasteiger charge is 3.04. The van der Waals surface area contributed by atoms with Gasteiger partial charge in [-0.3, -0.25) is 0 Å². The molecule has 1 nitrogen and oxygen atoms in total. The van der Waals surface area contributed by atoms with Gasteiger partial charge in [0.1, 0.15) is 0 Å². The van der Waals surface area contributed by atoms with Gasteiger partial charge in [0.2, 0.25) is 0 Å². The molecule has 20 heteroatoms. The predicted octanol–water partition coefficient (Wildman–Crippen LogP) is 6.09. The monoisotopic (exact) mass is 499 g/mol. The van der Waals surface area contributed by atoms with Crippen molar-refractivity contribution in [2.45, 2.75) is 53.1 Å². The molecular weight excluding hydrogens is 500 g/mol. The summed E-state index contributed by atoms with van der Waals surface area (Å²) in [6.07, 6.45) is -7.91. The molecular formula is C9ClF18N. The lowest BCUT2D eigenvalue weighted by Gasteiger charge is -2.41. The Morgan fingerprint density at radius 3 is 1.21 bits per heavy atom. The van der Waals surface area contributed by atoms with Gasteiger partial charge in [-0.05, 0) is 11.6 Å². The number of hydrogen-bond donors (Lipinski definition) is 0. The van der Waals surface area contributed by atoms with Crippen LogP contribution in [0.3, 0.4) is 0 Å². The molecule has 0 saturated carbocycles. The van der Waals surface area contributed by atoms with E-state index in [4.69, 9.17) is 0 Å². The summed E-state index contributed by atoms with van der Waals surface area (Å²) in [7, 11) is 0. The van der Waals surface area contributed by atoms with Crippen molar-refractivity contribution in [1.29, 1.82) is 0 Å². The first-order valence-corrected chi connectivity index (χ1v) is 6.39. The third-order valence-corrected chi connectivity index (χ3v) is 3.83. The Morgan fingerprint density at radius 2 is 0.931 bits per heavy atom. The Labute approximate surface area is 150 Å². The van der Waals surface area contributed by atoms with Crippen LogP contribution in [0.5, 0.6) is 0 Å². The Morgan fingerprint density at radius 1 is 0.586 bits per heavy atom. The molecule has 1 atom stereocenters. The first-order chi connectivity index (χ1) is 12.1. The van der Waals surface area contributed by atoms with Crippen molar-refractivity contribution >= 4 is 11.6 Å². The Balaban J connectivity index is 4.02. The zero-order valence-electron chi connectivity index (χ0n) is 12.1. The predicted molar refractivity (Wildman–Crippen MR) is 52.2 cm³/mol. The zero-order chi connectivity index (χ0) is 24.1. The first kappa shape index (κ1) is 26.0. The van der Waals surface area contributed by atoms with Gasteiger partial charge in [-0.2, -0.15) is 74.6 Å². The lowest BCUT2D eigenvalue weighted by atomic mass is 9.89. The van der Waals surface area contributed by atoms with Gasteiger partial charge in [0.05, 0.1) is 0 Å². The SMILES string of the molecule is FC(F)(F)C(F)(F)C1(F)C(F)(F)N(C(F)(F)C(F)(F)C(F)(F)Cl)C(F)(F)C1(F)F. The molecule has 174 valence electrons. The summed E-state index contributed by atoms with van der Waals surface area (Å²) in [6.45, 7) is 0.